The number of rotatable bonds is 6. The molecule has 1 heterocycles. The van der Waals surface area contributed by atoms with Gasteiger partial charge in [0.05, 0.1) is 23.0 Å². The molecule has 0 radical (unpaired) electrons. The molecule has 0 aliphatic heterocycles. The highest BCUT2D eigenvalue weighted by molar-refractivity contribution is 6.33. The number of nitrogens with one attached hydrogen (secondary N) is 2. The lowest BCUT2D eigenvalue weighted by Crippen LogP contribution is -2.21. The van der Waals surface area contributed by atoms with Crippen molar-refractivity contribution in [3.8, 4) is 17.0 Å². The molecule has 134 valence electrons. The lowest BCUT2D eigenvalue weighted by molar-refractivity contribution is 0.281. The van der Waals surface area contributed by atoms with Crippen molar-refractivity contribution in [3.63, 3.8) is 0 Å². The van der Waals surface area contributed by atoms with E-state index >= 15 is 0 Å². The maximum Gasteiger partial charge on any atom is 0.225 e. The molecule has 0 saturated carbocycles. The van der Waals surface area contributed by atoms with Gasteiger partial charge in [0.1, 0.15) is 11.6 Å². The molecule has 1 aromatic heterocycles. The number of anilines is 3. The van der Waals surface area contributed by atoms with E-state index in [1.807, 2.05) is 43.3 Å². The minimum atomic E-state index is -0.189. The first-order valence-electron chi connectivity index (χ1n) is 8.12. The second kappa shape index (κ2) is 8.03. The maximum atomic E-state index is 9.50. The number of phenols is 1. The third-order valence-electron chi connectivity index (χ3n) is 3.66. The Morgan fingerprint density at radius 2 is 1.85 bits per heavy atom. The van der Waals surface area contributed by atoms with E-state index in [0.29, 0.717) is 22.5 Å². The zero-order valence-electron chi connectivity index (χ0n) is 14.1. The summed E-state index contributed by atoms with van der Waals surface area (Å²) in [5.74, 6) is 1.02. The summed E-state index contributed by atoms with van der Waals surface area (Å²) in [6.45, 7) is 1.80. The van der Waals surface area contributed by atoms with E-state index in [9.17, 15) is 10.2 Å². The molecule has 0 aliphatic rings. The van der Waals surface area contributed by atoms with E-state index in [0.717, 1.165) is 11.3 Å². The molecule has 0 spiro atoms. The fourth-order valence-electron chi connectivity index (χ4n) is 2.34. The quantitative estimate of drug-likeness (QED) is 0.490. The summed E-state index contributed by atoms with van der Waals surface area (Å²) >= 11 is 6.17. The lowest BCUT2D eigenvalue weighted by Gasteiger charge is -2.15. The predicted molar refractivity (Wildman–Crippen MR) is 104 cm³/mol. The molecule has 0 aliphatic carbocycles. The summed E-state index contributed by atoms with van der Waals surface area (Å²) < 4.78 is 0. The Balaban J connectivity index is 1.98. The molecule has 4 N–H and O–H groups in total. The summed E-state index contributed by atoms with van der Waals surface area (Å²) in [5.41, 5.74) is 2.28. The van der Waals surface area contributed by atoms with Crippen LogP contribution in [0, 0.1) is 0 Å². The molecule has 26 heavy (non-hydrogen) atoms. The molecule has 3 aromatic rings. The van der Waals surface area contributed by atoms with Gasteiger partial charge in [0, 0.05) is 23.7 Å². The Hall–Kier alpha value is -2.83. The van der Waals surface area contributed by atoms with Crippen molar-refractivity contribution >= 4 is 29.1 Å². The molecular formula is C19H19ClN4O2. The average molecular weight is 371 g/mol. The highest BCUT2D eigenvalue weighted by atomic mass is 35.5. The van der Waals surface area contributed by atoms with E-state index in [4.69, 9.17) is 11.6 Å². The SMILES string of the molecule is C[C@H](CO)Nc1nc(Nc2ccc(O)cc2Cl)cc(-c2ccccc2)n1. The fourth-order valence-corrected chi connectivity index (χ4v) is 2.56. The Morgan fingerprint density at radius 1 is 1.08 bits per heavy atom. The zero-order chi connectivity index (χ0) is 18.5. The van der Waals surface area contributed by atoms with E-state index in [1.54, 1.807) is 12.1 Å². The van der Waals surface area contributed by atoms with Gasteiger partial charge in [-0.2, -0.15) is 4.98 Å². The zero-order valence-corrected chi connectivity index (χ0v) is 14.9. The van der Waals surface area contributed by atoms with Gasteiger partial charge in [0.2, 0.25) is 5.95 Å². The number of aliphatic hydroxyl groups excluding tert-OH is 1. The first-order chi connectivity index (χ1) is 12.5. The van der Waals surface area contributed by atoms with Gasteiger partial charge in [-0.3, -0.25) is 0 Å². The predicted octanol–water partition coefficient (Wildman–Crippen LogP) is 4.04. The van der Waals surface area contributed by atoms with Gasteiger partial charge in [-0.05, 0) is 19.1 Å². The van der Waals surface area contributed by atoms with Crippen LogP contribution in [-0.4, -0.2) is 32.8 Å². The number of nitrogens with zero attached hydrogens (tertiary/aromatic N) is 2. The standard InChI is InChI=1S/C19H19ClN4O2/c1-12(11-25)21-19-23-17(13-5-3-2-4-6-13)10-18(24-19)22-16-8-7-14(26)9-15(16)20/h2-10,12,25-26H,11H2,1H3,(H2,21,22,23,24)/t12-/m1/s1. The minimum absolute atomic E-state index is 0.0362. The van der Waals surface area contributed by atoms with Crippen LogP contribution in [-0.2, 0) is 0 Å². The summed E-state index contributed by atoms with van der Waals surface area (Å²) in [5, 5.41) is 25.4. The molecule has 6 nitrogen and oxygen atoms in total. The minimum Gasteiger partial charge on any atom is -0.508 e. The second-order valence-electron chi connectivity index (χ2n) is 5.85. The number of hydrogen-bond acceptors (Lipinski definition) is 6. The Labute approximate surface area is 156 Å². The van der Waals surface area contributed by atoms with Crippen molar-refractivity contribution in [1.82, 2.24) is 9.97 Å². The van der Waals surface area contributed by atoms with E-state index < -0.39 is 0 Å². The summed E-state index contributed by atoms with van der Waals surface area (Å²) in [6, 6.07) is 16.0. The van der Waals surface area contributed by atoms with Gasteiger partial charge < -0.3 is 20.8 Å². The van der Waals surface area contributed by atoms with Gasteiger partial charge in [-0.25, -0.2) is 4.98 Å². The van der Waals surface area contributed by atoms with Crippen molar-refractivity contribution < 1.29 is 10.2 Å². The number of halogens is 1. The van der Waals surface area contributed by atoms with Crippen LogP contribution >= 0.6 is 11.6 Å². The van der Waals surface area contributed by atoms with Crippen molar-refractivity contribution in [1.29, 1.82) is 0 Å². The Bertz CT molecular complexity index is 890. The molecule has 0 saturated heterocycles. The fraction of sp³-hybridized carbons (Fsp3) is 0.158. The maximum absolute atomic E-state index is 9.50. The van der Waals surface area contributed by atoms with Crippen LogP contribution in [0.1, 0.15) is 6.92 Å². The topological polar surface area (TPSA) is 90.3 Å². The number of aliphatic hydroxyl groups is 1. The van der Waals surface area contributed by atoms with E-state index in [1.165, 1.54) is 6.07 Å². The molecule has 2 aromatic carbocycles. The van der Waals surface area contributed by atoms with Crippen LogP contribution < -0.4 is 10.6 Å². The molecule has 0 fully saturated rings. The van der Waals surface area contributed by atoms with Gasteiger partial charge in [0.15, 0.2) is 0 Å². The number of phenolic OH excluding ortho intramolecular Hbond substituents is 1. The average Bonchev–Trinajstić information content (AvgIpc) is 2.64. The summed E-state index contributed by atoms with van der Waals surface area (Å²) in [4.78, 5) is 8.96. The van der Waals surface area contributed by atoms with Crippen LogP contribution in [0.5, 0.6) is 5.75 Å². The van der Waals surface area contributed by atoms with Crippen LogP contribution in [0.15, 0.2) is 54.6 Å². The largest absolute Gasteiger partial charge is 0.508 e. The normalized spacial score (nSPS) is 11.8. The molecule has 1 atom stereocenters. The van der Waals surface area contributed by atoms with Crippen LogP contribution in [0.25, 0.3) is 11.3 Å². The first-order valence-corrected chi connectivity index (χ1v) is 8.50. The number of hydrogen-bond donors (Lipinski definition) is 4. The molecule has 0 amide bonds. The van der Waals surface area contributed by atoms with Crippen molar-refractivity contribution in [2.75, 3.05) is 17.2 Å². The molecule has 3 rings (SSSR count). The van der Waals surface area contributed by atoms with Crippen molar-refractivity contribution in [2.45, 2.75) is 13.0 Å². The third kappa shape index (κ3) is 4.41. The second-order valence-corrected chi connectivity index (χ2v) is 6.25. The highest BCUT2D eigenvalue weighted by Gasteiger charge is 2.10. The molecule has 0 unspecified atom stereocenters. The van der Waals surface area contributed by atoms with Gasteiger partial charge in [0.25, 0.3) is 0 Å². The van der Waals surface area contributed by atoms with E-state index in [-0.39, 0.29) is 18.4 Å². The van der Waals surface area contributed by atoms with Crippen molar-refractivity contribution in [3.05, 3.63) is 59.6 Å². The van der Waals surface area contributed by atoms with Crippen LogP contribution in [0.3, 0.4) is 0 Å². The summed E-state index contributed by atoms with van der Waals surface area (Å²) in [7, 11) is 0. The number of benzene rings is 2. The first kappa shape index (κ1) is 18.0. The van der Waals surface area contributed by atoms with Gasteiger partial charge >= 0.3 is 0 Å². The lowest BCUT2D eigenvalue weighted by atomic mass is 10.1. The monoisotopic (exact) mass is 370 g/mol. The number of aromatic nitrogens is 2. The summed E-state index contributed by atoms with van der Waals surface area (Å²) in [6.07, 6.45) is 0. The number of aromatic hydroxyl groups is 1. The molecule has 0 bridgehead atoms. The smallest absolute Gasteiger partial charge is 0.225 e. The van der Waals surface area contributed by atoms with Crippen molar-refractivity contribution in [2.24, 2.45) is 0 Å². The third-order valence-corrected chi connectivity index (χ3v) is 3.97. The molecular weight excluding hydrogens is 352 g/mol. The molecule has 7 heteroatoms. The van der Waals surface area contributed by atoms with Crippen LogP contribution in [0.2, 0.25) is 5.02 Å². The highest BCUT2D eigenvalue weighted by Crippen LogP contribution is 2.30. The Morgan fingerprint density at radius 3 is 2.54 bits per heavy atom. The van der Waals surface area contributed by atoms with Gasteiger partial charge in [-0.1, -0.05) is 41.9 Å². The Kier molecular flexibility index (Phi) is 5.55. The van der Waals surface area contributed by atoms with E-state index in [2.05, 4.69) is 20.6 Å². The van der Waals surface area contributed by atoms with Gasteiger partial charge in [-0.15, -0.1) is 0 Å². The van der Waals surface area contributed by atoms with Crippen LogP contribution in [0.4, 0.5) is 17.5 Å².